The molecule has 2 N–H and O–H groups in total. The fraction of sp³-hybridized carbons (Fsp3) is 0.150. The van der Waals surface area contributed by atoms with E-state index in [1.165, 1.54) is 4.68 Å². The van der Waals surface area contributed by atoms with Gasteiger partial charge in [0.15, 0.2) is 5.69 Å². The van der Waals surface area contributed by atoms with Gasteiger partial charge in [-0.3, -0.25) is 14.3 Å². The van der Waals surface area contributed by atoms with Gasteiger partial charge in [0, 0.05) is 18.8 Å². The maximum absolute atomic E-state index is 12.3. The third-order valence-corrected chi connectivity index (χ3v) is 3.90. The molecule has 0 radical (unpaired) electrons. The van der Waals surface area contributed by atoms with Crippen molar-refractivity contribution in [3.63, 3.8) is 0 Å². The number of carbonyl (C=O) groups is 2. The van der Waals surface area contributed by atoms with Gasteiger partial charge in [0.25, 0.3) is 5.91 Å². The van der Waals surface area contributed by atoms with Crippen molar-refractivity contribution in [2.75, 3.05) is 10.6 Å². The van der Waals surface area contributed by atoms with Crippen LogP contribution in [0.3, 0.4) is 0 Å². The first kappa shape index (κ1) is 17.4. The van der Waals surface area contributed by atoms with Crippen LogP contribution < -0.4 is 10.6 Å². The van der Waals surface area contributed by atoms with Gasteiger partial charge in [-0.15, -0.1) is 0 Å². The second-order valence-electron chi connectivity index (χ2n) is 6.07. The van der Waals surface area contributed by atoms with Crippen LogP contribution in [0.2, 0.25) is 0 Å². The van der Waals surface area contributed by atoms with E-state index in [1.807, 2.05) is 61.5 Å². The van der Waals surface area contributed by atoms with Crippen molar-refractivity contribution in [3.8, 4) is 0 Å². The lowest BCUT2D eigenvalue weighted by Crippen LogP contribution is -2.16. The van der Waals surface area contributed by atoms with Crippen LogP contribution in [0.4, 0.5) is 11.5 Å². The minimum absolute atomic E-state index is 0.162. The molecular formula is C20H20N4O2. The Kier molecular flexibility index (Phi) is 5.12. The van der Waals surface area contributed by atoms with Crippen molar-refractivity contribution < 1.29 is 9.59 Å². The van der Waals surface area contributed by atoms with Crippen LogP contribution in [0, 0.1) is 6.92 Å². The van der Waals surface area contributed by atoms with Crippen molar-refractivity contribution >= 4 is 23.3 Å². The summed E-state index contributed by atoms with van der Waals surface area (Å²) < 4.78 is 1.48. The molecule has 0 aliphatic heterocycles. The summed E-state index contributed by atoms with van der Waals surface area (Å²) in [6.07, 6.45) is 0.261. The van der Waals surface area contributed by atoms with Crippen LogP contribution >= 0.6 is 0 Å². The molecule has 6 heteroatoms. The molecule has 0 aliphatic rings. The van der Waals surface area contributed by atoms with Crippen molar-refractivity contribution in [2.45, 2.75) is 13.3 Å². The first-order chi connectivity index (χ1) is 12.5. The van der Waals surface area contributed by atoms with Crippen LogP contribution in [0.25, 0.3) is 0 Å². The molecule has 2 aromatic carbocycles. The van der Waals surface area contributed by atoms with Gasteiger partial charge in [-0.2, -0.15) is 5.10 Å². The summed E-state index contributed by atoms with van der Waals surface area (Å²) >= 11 is 0. The zero-order valence-electron chi connectivity index (χ0n) is 14.7. The fourth-order valence-corrected chi connectivity index (χ4v) is 2.50. The minimum atomic E-state index is -0.326. The third-order valence-electron chi connectivity index (χ3n) is 3.90. The smallest absolute Gasteiger partial charge is 0.276 e. The van der Waals surface area contributed by atoms with Crippen molar-refractivity contribution in [1.29, 1.82) is 0 Å². The molecule has 0 aliphatic carbocycles. The van der Waals surface area contributed by atoms with Gasteiger partial charge in [0.2, 0.25) is 5.91 Å². The quantitative estimate of drug-likeness (QED) is 0.744. The highest BCUT2D eigenvalue weighted by molar-refractivity contribution is 6.04. The number of nitrogens with one attached hydrogen (secondary N) is 2. The van der Waals surface area contributed by atoms with E-state index < -0.39 is 0 Å². The Labute approximate surface area is 151 Å². The Morgan fingerprint density at radius 3 is 2.38 bits per heavy atom. The Morgan fingerprint density at radius 2 is 1.69 bits per heavy atom. The zero-order chi connectivity index (χ0) is 18.5. The van der Waals surface area contributed by atoms with Gasteiger partial charge in [0.05, 0.1) is 6.42 Å². The third kappa shape index (κ3) is 4.36. The second kappa shape index (κ2) is 7.65. The Balaban J connectivity index is 1.65. The molecule has 6 nitrogen and oxygen atoms in total. The maximum atomic E-state index is 12.3. The topological polar surface area (TPSA) is 76.0 Å². The standard InChI is InChI=1S/C20H20N4O2/c1-14-8-10-16(11-9-14)21-20(26)17-13-18(24(2)23-17)22-19(25)12-15-6-4-3-5-7-15/h3-11,13H,12H2,1-2H3,(H,21,26)(H,22,25). The van der Waals surface area contributed by atoms with E-state index in [9.17, 15) is 9.59 Å². The number of aryl methyl sites for hydroxylation is 2. The molecule has 0 saturated carbocycles. The second-order valence-corrected chi connectivity index (χ2v) is 6.07. The van der Waals surface area contributed by atoms with Gasteiger partial charge in [-0.05, 0) is 24.6 Å². The number of rotatable bonds is 5. The summed E-state index contributed by atoms with van der Waals surface area (Å²) in [5.74, 6) is -0.0160. The monoisotopic (exact) mass is 348 g/mol. The molecule has 0 atom stereocenters. The summed E-state index contributed by atoms with van der Waals surface area (Å²) in [6, 6.07) is 18.5. The number of amides is 2. The van der Waals surface area contributed by atoms with Crippen molar-refractivity contribution in [3.05, 3.63) is 77.5 Å². The molecule has 26 heavy (non-hydrogen) atoms. The first-order valence-electron chi connectivity index (χ1n) is 8.27. The number of nitrogens with zero attached hydrogens (tertiary/aromatic N) is 2. The van der Waals surface area contributed by atoms with E-state index in [2.05, 4.69) is 15.7 Å². The lowest BCUT2D eigenvalue weighted by molar-refractivity contribution is -0.115. The van der Waals surface area contributed by atoms with E-state index in [1.54, 1.807) is 13.1 Å². The molecule has 132 valence electrons. The number of hydrogen-bond donors (Lipinski definition) is 2. The average Bonchev–Trinajstić information content (AvgIpc) is 2.98. The molecule has 3 aromatic rings. The SMILES string of the molecule is Cc1ccc(NC(=O)c2cc(NC(=O)Cc3ccccc3)n(C)n2)cc1. The average molecular weight is 348 g/mol. The number of carbonyl (C=O) groups excluding carboxylic acids is 2. The highest BCUT2D eigenvalue weighted by atomic mass is 16.2. The molecular weight excluding hydrogens is 328 g/mol. The molecule has 1 aromatic heterocycles. The molecule has 1 heterocycles. The predicted octanol–water partition coefficient (Wildman–Crippen LogP) is 3.16. The number of aromatic nitrogens is 2. The van der Waals surface area contributed by atoms with Crippen LogP contribution in [-0.4, -0.2) is 21.6 Å². The van der Waals surface area contributed by atoms with E-state index >= 15 is 0 Å². The van der Waals surface area contributed by atoms with Crippen LogP contribution in [-0.2, 0) is 18.3 Å². The van der Waals surface area contributed by atoms with Gasteiger partial charge < -0.3 is 10.6 Å². The van der Waals surface area contributed by atoms with E-state index in [-0.39, 0.29) is 23.9 Å². The highest BCUT2D eigenvalue weighted by Gasteiger charge is 2.15. The number of anilines is 2. The van der Waals surface area contributed by atoms with Gasteiger partial charge in [0.1, 0.15) is 5.82 Å². The van der Waals surface area contributed by atoms with Gasteiger partial charge in [-0.25, -0.2) is 0 Å². The molecule has 0 saturated heterocycles. The van der Waals surface area contributed by atoms with Crippen LogP contribution in [0.15, 0.2) is 60.7 Å². The normalized spacial score (nSPS) is 10.4. The number of benzene rings is 2. The fourth-order valence-electron chi connectivity index (χ4n) is 2.50. The van der Waals surface area contributed by atoms with Crippen molar-refractivity contribution in [2.24, 2.45) is 7.05 Å². The minimum Gasteiger partial charge on any atom is -0.321 e. The largest absolute Gasteiger partial charge is 0.321 e. The summed E-state index contributed by atoms with van der Waals surface area (Å²) in [6.45, 7) is 1.98. The van der Waals surface area contributed by atoms with E-state index in [4.69, 9.17) is 0 Å². The number of hydrogen-bond acceptors (Lipinski definition) is 3. The molecule has 0 spiro atoms. The molecule has 0 bridgehead atoms. The van der Waals surface area contributed by atoms with Crippen LogP contribution in [0.1, 0.15) is 21.6 Å². The Bertz CT molecular complexity index is 915. The first-order valence-corrected chi connectivity index (χ1v) is 8.27. The Morgan fingerprint density at radius 1 is 1.00 bits per heavy atom. The van der Waals surface area contributed by atoms with Crippen LogP contribution in [0.5, 0.6) is 0 Å². The highest BCUT2D eigenvalue weighted by Crippen LogP contribution is 2.14. The summed E-state index contributed by atoms with van der Waals surface area (Å²) in [5.41, 5.74) is 2.97. The lowest BCUT2D eigenvalue weighted by atomic mass is 10.1. The summed E-state index contributed by atoms with van der Waals surface area (Å²) in [5, 5.41) is 9.75. The summed E-state index contributed by atoms with van der Waals surface area (Å²) in [4.78, 5) is 24.5. The molecule has 3 rings (SSSR count). The molecule has 2 amide bonds. The molecule has 0 unspecified atom stereocenters. The predicted molar refractivity (Wildman–Crippen MR) is 101 cm³/mol. The van der Waals surface area contributed by atoms with E-state index in [0.717, 1.165) is 11.1 Å². The maximum Gasteiger partial charge on any atom is 0.276 e. The van der Waals surface area contributed by atoms with Crippen molar-refractivity contribution in [1.82, 2.24) is 9.78 Å². The van der Waals surface area contributed by atoms with Gasteiger partial charge in [-0.1, -0.05) is 48.0 Å². The summed E-state index contributed by atoms with van der Waals surface area (Å²) in [7, 11) is 1.68. The van der Waals surface area contributed by atoms with Gasteiger partial charge >= 0.3 is 0 Å². The zero-order valence-corrected chi connectivity index (χ0v) is 14.7. The van der Waals surface area contributed by atoms with E-state index in [0.29, 0.717) is 11.5 Å². The molecule has 0 fully saturated rings. The lowest BCUT2D eigenvalue weighted by Gasteiger charge is -2.04. The Hall–Kier alpha value is -3.41.